The number of hydrogen-bond acceptors (Lipinski definition) is 7. The second-order valence-electron chi connectivity index (χ2n) is 7.73. The van der Waals surface area contributed by atoms with Gasteiger partial charge in [-0.25, -0.2) is 0 Å². The molecule has 0 saturated heterocycles. The first kappa shape index (κ1) is 22.9. The number of non-ortho nitro benzene ring substituents is 1. The maximum Gasteiger partial charge on any atom is 0.270 e. The zero-order valence-corrected chi connectivity index (χ0v) is 18.8. The smallest absolute Gasteiger partial charge is 0.270 e. The Balaban J connectivity index is 1.43. The van der Waals surface area contributed by atoms with Gasteiger partial charge in [-0.3, -0.25) is 14.9 Å². The monoisotopic (exact) mass is 464 g/mol. The Morgan fingerprint density at radius 2 is 1.85 bits per heavy atom. The first-order valence-corrected chi connectivity index (χ1v) is 10.6. The number of amides is 1. The second-order valence-corrected chi connectivity index (χ2v) is 7.73. The van der Waals surface area contributed by atoms with Gasteiger partial charge in [0.2, 0.25) is 0 Å². The van der Waals surface area contributed by atoms with Crippen molar-refractivity contribution < 1.29 is 28.7 Å². The molecule has 1 atom stereocenters. The van der Waals surface area contributed by atoms with Crippen LogP contribution in [0.1, 0.15) is 0 Å². The number of carbonyl (C=O) groups is 1. The summed E-state index contributed by atoms with van der Waals surface area (Å²) in [6.07, 6.45) is -0.307. The van der Waals surface area contributed by atoms with E-state index in [2.05, 4.69) is 0 Å². The molecule has 3 aromatic carbocycles. The average molecular weight is 464 g/mol. The number of nitro benzene ring substituents is 1. The lowest BCUT2D eigenvalue weighted by Crippen LogP contribution is -2.43. The van der Waals surface area contributed by atoms with Gasteiger partial charge in [-0.1, -0.05) is 24.3 Å². The number of likely N-dealkylation sites (N-methyl/N-ethyl adjacent to an activating group) is 1. The van der Waals surface area contributed by atoms with Crippen LogP contribution in [0.25, 0.3) is 11.1 Å². The van der Waals surface area contributed by atoms with Crippen molar-refractivity contribution in [3.8, 4) is 34.1 Å². The number of methoxy groups -OCH3 is 1. The fraction of sp³-hybridized carbons (Fsp3) is 0.240. The number of rotatable bonds is 8. The maximum atomic E-state index is 12.7. The Labute approximate surface area is 196 Å². The van der Waals surface area contributed by atoms with Gasteiger partial charge in [0, 0.05) is 24.7 Å². The van der Waals surface area contributed by atoms with Crippen LogP contribution in [0, 0.1) is 10.1 Å². The number of carbonyl (C=O) groups excluding carboxylic acids is 1. The molecule has 1 aliphatic rings. The van der Waals surface area contributed by atoms with E-state index in [-0.39, 0.29) is 24.3 Å². The van der Waals surface area contributed by atoms with Crippen LogP contribution in [0.2, 0.25) is 0 Å². The van der Waals surface area contributed by atoms with Gasteiger partial charge in [-0.15, -0.1) is 0 Å². The highest BCUT2D eigenvalue weighted by molar-refractivity contribution is 5.79. The predicted molar refractivity (Wildman–Crippen MR) is 125 cm³/mol. The third-order valence-corrected chi connectivity index (χ3v) is 5.40. The van der Waals surface area contributed by atoms with Crippen molar-refractivity contribution >= 4 is 11.6 Å². The van der Waals surface area contributed by atoms with Gasteiger partial charge in [0.15, 0.2) is 24.2 Å². The summed E-state index contributed by atoms with van der Waals surface area (Å²) >= 11 is 0. The largest absolute Gasteiger partial charge is 0.497 e. The topological polar surface area (TPSA) is 100 Å². The minimum Gasteiger partial charge on any atom is -0.497 e. The minimum atomic E-state index is -0.472. The van der Waals surface area contributed by atoms with Crippen molar-refractivity contribution in [1.29, 1.82) is 0 Å². The number of para-hydroxylation sites is 2. The summed E-state index contributed by atoms with van der Waals surface area (Å²) in [7, 11) is 3.22. The summed E-state index contributed by atoms with van der Waals surface area (Å²) in [6.45, 7) is 0.420. The van der Waals surface area contributed by atoms with Crippen molar-refractivity contribution in [2.75, 3.05) is 33.9 Å². The summed E-state index contributed by atoms with van der Waals surface area (Å²) in [6, 6.07) is 18.7. The van der Waals surface area contributed by atoms with Gasteiger partial charge < -0.3 is 23.8 Å². The van der Waals surface area contributed by atoms with E-state index >= 15 is 0 Å². The molecule has 0 saturated carbocycles. The van der Waals surface area contributed by atoms with Crippen LogP contribution in [-0.4, -0.2) is 55.8 Å². The Hall–Kier alpha value is -4.27. The fourth-order valence-electron chi connectivity index (χ4n) is 3.56. The van der Waals surface area contributed by atoms with E-state index in [1.54, 1.807) is 38.4 Å². The Bertz CT molecular complexity index is 1180. The van der Waals surface area contributed by atoms with E-state index in [1.165, 1.54) is 23.1 Å². The first-order chi connectivity index (χ1) is 16.4. The van der Waals surface area contributed by atoms with Gasteiger partial charge in [0.1, 0.15) is 18.1 Å². The summed E-state index contributed by atoms with van der Waals surface area (Å²) in [5, 5.41) is 11.3. The van der Waals surface area contributed by atoms with Crippen LogP contribution in [0.15, 0.2) is 66.7 Å². The fourth-order valence-corrected chi connectivity index (χ4v) is 3.56. The van der Waals surface area contributed by atoms with Crippen LogP contribution in [0.5, 0.6) is 23.0 Å². The van der Waals surface area contributed by atoms with Crippen LogP contribution < -0.4 is 18.9 Å². The van der Waals surface area contributed by atoms with Gasteiger partial charge >= 0.3 is 0 Å². The van der Waals surface area contributed by atoms with Gasteiger partial charge in [-0.2, -0.15) is 0 Å². The third kappa shape index (κ3) is 5.20. The van der Waals surface area contributed by atoms with Crippen LogP contribution in [-0.2, 0) is 4.79 Å². The lowest BCUT2D eigenvalue weighted by Gasteiger charge is -2.29. The lowest BCUT2D eigenvalue weighted by molar-refractivity contribution is -0.384. The van der Waals surface area contributed by atoms with E-state index in [9.17, 15) is 14.9 Å². The highest BCUT2D eigenvalue weighted by atomic mass is 16.6. The minimum absolute atomic E-state index is 0.0728. The van der Waals surface area contributed by atoms with Crippen LogP contribution >= 0.6 is 0 Å². The molecule has 0 bridgehead atoms. The molecule has 3 aromatic rings. The van der Waals surface area contributed by atoms with Crippen molar-refractivity contribution in [2.45, 2.75) is 6.10 Å². The molecule has 9 heteroatoms. The highest BCUT2D eigenvalue weighted by Gasteiger charge is 2.24. The molecule has 0 aliphatic carbocycles. The SMILES string of the molecule is COc1ccc(-c2cc([N+](=O)[O-])ccc2OCC(=O)N(C)CC2COc3ccccc3O2)cc1. The number of nitrogens with zero attached hydrogens (tertiary/aromatic N) is 2. The van der Waals surface area contributed by atoms with Crippen molar-refractivity contribution in [1.82, 2.24) is 4.90 Å². The number of ether oxygens (including phenoxy) is 4. The molecule has 34 heavy (non-hydrogen) atoms. The van der Waals surface area contributed by atoms with E-state index < -0.39 is 4.92 Å². The molecule has 0 N–H and O–H groups in total. The Kier molecular flexibility index (Phi) is 6.82. The molecule has 9 nitrogen and oxygen atoms in total. The van der Waals surface area contributed by atoms with Crippen molar-refractivity contribution in [3.63, 3.8) is 0 Å². The molecule has 0 fully saturated rings. The summed E-state index contributed by atoms with van der Waals surface area (Å²) in [5.41, 5.74) is 1.14. The molecule has 1 amide bonds. The zero-order valence-electron chi connectivity index (χ0n) is 18.8. The number of hydrogen-bond donors (Lipinski definition) is 0. The summed E-state index contributed by atoms with van der Waals surface area (Å²) in [4.78, 5) is 25.0. The summed E-state index contributed by atoms with van der Waals surface area (Å²) in [5.74, 6) is 2.08. The van der Waals surface area contributed by atoms with Gasteiger partial charge in [0.25, 0.3) is 11.6 Å². The molecule has 1 heterocycles. The molecule has 0 aromatic heterocycles. The van der Waals surface area contributed by atoms with E-state index in [0.29, 0.717) is 47.3 Å². The van der Waals surface area contributed by atoms with Crippen LogP contribution in [0.3, 0.4) is 0 Å². The number of nitro groups is 1. The zero-order chi connectivity index (χ0) is 24.1. The molecule has 4 rings (SSSR count). The van der Waals surface area contributed by atoms with Gasteiger partial charge in [-0.05, 0) is 35.9 Å². The standard InChI is InChI=1S/C25H24N2O7/c1-26(14-20-15-32-23-5-3-4-6-24(23)34-20)25(28)16-33-22-12-9-18(27(29)30)13-21(22)17-7-10-19(31-2)11-8-17/h3-13,20H,14-16H2,1-2H3. The molecular weight excluding hydrogens is 440 g/mol. The van der Waals surface area contributed by atoms with E-state index in [4.69, 9.17) is 18.9 Å². The quantitative estimate of drug-likeness (QED) is 0.368. The highest BCUT2D eigenvalue weighted by Crippen LogP contribution is 2.34. The predicted octanol–water partition coefficient (Wildman–Crippen LogP) is 3.95. The molecule has 1 unspecified atom stereocenters. The molecule has 176 valence electrons. The number of benzene rings is 3. The van der Waals surface area contributed by atoms with Gasteiger partial charge in [0.05, 0.1) is 18.6 Å². The molecular formula is C25H24N2O7. The average Bonchev–Trinajstić information content (AvgIpc) is 2.87. The lowest BCUT2D eigenvalue weighted by atomic mass is 10.0. The summed E-state index contributed by atoms with van der Waals surface area (Å²) < 4.78 is 22.6. The molecule has 0 radical (unpaired) electrons. The van der Waals surface area contributed by atoms with Crippen LogP contribution in [0.4, 0.5) is 5.69 Å². The van der Waals surface area contributed by atoms with Crippen molar-refractivity contribution in [3.05, 3.63) is 76.8 Å². The van der Waals surface area contributed by atoms with E-state index in [1.807, 2.05) is 24.3 Å². The van der Waals surface area contributed by atoms with E-state index in [0.717, 1.165) is 0 Å². The third-order valence-electron chi connectivity index (χ3n) is 5.40. The molecule has 1 aliphatic heterocycles. The van der Waals surface area contributed by atoms with Crippen molar-refractivity contribution in [2.24, 2.45) is 0 Å². The Morgan fingerprint density at radius 3 is 2.56 bits per heavy atom. The second kappa shape index (κ2) is 10.1. The molecule has 0 spiro atoms. The first-order valence-electron chi connectivity index (χ1n) is 10.6. The maximum absolute atomic E-state index is 12.7. The normalized spacial score (nSPS) is 14.2. The Morgan fingerprint density at radius 1 is 1.12 bits per heavy atom. The number of fused-ring (bicyclic) bond motifs is 1.